The first kappa shape index (κ1) is 18.8. The molecule has 0 spiro atoms. The highest BCUT2D eigenvalue weighted by atomic mass is 35.5. The third-order valence-corrected chi connectivity index (χ3v) is 5.10. The van der Waals surface area contributed by atoms with Crippen molar-refractivity contribution in [1.29, 1.82) is 0 Å². The number of halogens is 1. The van der Waals surface area contributed by atoms with Crippen LogP contribution in [0.5, 0.6) is 5.75 Å². The molecule has 26 heavy (non-hydrogen) atoms. The fourth-order valence-corrected chi connectivity index (χ4v) is 3.60. The normalized spacial score (nSPS) is 15.0. The van der Waals surface area contributed by atoms with Crippen LogP contribution in [0.3, 0.4) is 0 Å². The molecule has 0 saturated heterocycles. The van der Waals surface area contributed by atoms with E-state index in [1.54, 1.807) is 6.20 Å². The number of aromatic nitrogens is 2. The molecule has 0 unspecified atom stereocenters. The molecule has 1 fully saturated rings. The zero-order chi connectivity index (χ0) is 18.4. The van der Waals surface area contributed by atoms with Gasteiger partial charge in [-0.1, -0.05) is 44.2 Å². The molecule has 1 aromatic carbocycles. The van der Waals surface area contributed by atoms with Gasteiger partial charge in [-0.05, 0) is 49.4 Å². The van der Waals surface area contributed by atoms with E-state index in [-0.39, 0.29) is 0 Å². The monoisotopic (exact) mass is 375 g/mol. The van der Waals surface area contributed by atoms with E-state index < -0.39 is 6.09 Å². The number of carbonyl (C=O) groups excluding carboxylic acids is 1. The van der Waals surface area contributed by atoms with Crippen molar-refractivity contribution in [1.82, 2.24) is 15.1 Å². The molecule has 5 nitrogen and oxygen atoms in total. The number of nitrogens with one attached hydrogen (secondary N) is 1. The summed E-state index contributed by atoms with van der Waals surface area (Å²) in [7, 11) is 0. The lowest BCUT2D eigenvalue weighted by Gasteiger charge is -2.21. The van der Waals surface area contributed by atoms with Crippen LogP contribution in [-0.4, -0.2) is 22.4 Å². The molecule has 6 heteroatoms. The molecule has 1 N–H and O–H groups in total. The summed E-state index contributed by atoms with van der Waals surface area (Å²) in [5.74, 6) is 1.09. The Hall–Kier alpha value is -2.01. The Kier molecular flexibility index (Phi) is 6.56. The van der Waals surface area contributed by atoms with Crippen molar-refractivity contribution in [3.63, 3.8) is 0 Å². The molecule has 0 bridgehead atoms. The standard InChI is InChI=1S/C20H26ClN3O2/c1-2-6-18-19(14-23-24(18)17-11-9-16(21)10-12-17)26-20(25)22-13-15-7-4-3-5-8-15/h9-12,14-15H,2-8,13H2,1H3,(H,22,25). The van der Waals surface area contributed by atoms with E-state index in [4.69, 9.17) is 16.3 Å². The highest BCUT2D eigenvalue weighted by Gasteiger charge is 2.18. The Balaban J connectivity index is 1.66. The number of nitrogens with zero attached hydrogens (tertiary/aromatic N) is 2. The number of hydrogen-bond acceptors (Lipinski definition) is 3. The minimum absolute atomic E-state index is 0.399. The van der Waals surface area contributed by atoms with Crippen LogP contribution in [0, 0.1) is 5.92 Å². The molecule has 1 aliphatic carbocycles. The van der Waals surface area contributed by atoms with Crippen LogP contribution in [0.4, 0.5) is 4.79 Å². The predicted octanol–water partition coefficient (Wildman–Crippen LogP) is 5.15. The summed E-state index contributed by atoms with van der Waals surface area (Å²) in [6.45, 7) is 2.78. The molecule has 0 atom stereocenters. The Bertz CT molecular complexity index is 721. The number of hydrogen-bond donors (Lipinski definition) is 1. The van der Waals surface area contributed by atoms with Crippen molar-refractivity contribution in [2.45, 2.75) is 51.9 Å². The molecule has 1 amide bonds. The maximum absolute atomic E-state index is 12.2. The average molecular weight is 376 g/mol. The third kappa shape index (κ3) is 4.79. The smallest absolute Gasteiger partial charge is 0.407 e. The number of rotatable bonds is 6. The van der Waals surface area contributed by atoms with Gasteiger partial charge in [0.2, 0.25) is 0 Å². The molecule has 3 rings (SSSR count). The van der Waals surface area contributed by atoms with E-state index in [1.807, 2.05) is 28.9 Å². The quantitative estimate of drug-likeness (QED) is 0.759. The third-order valence-electron chi connectivity index (χ3n) is 4.85. The van der Waals surface area contributed by atoms with Crippen LogP contribution in [0.1, 0.15) is 51.1 Å². The van der Waals surface area contributed by atoms with Crippen molar-refractivity contribution in [3.8, 4) is 11.4 Å². The Morgan fingerprint density at radius 2 is 2.00 bits per heavy atom. The van der Waals surface area contributed by atoms with Crippen molar-refractivity contribution in [3.05, 3.63) is 41.2 Å². The number of benzene rings is 1. The number of carbonyl (C=O) groups is 1. The summed E-state index contributed by atoms with van der Waals surface area (Å²) in [5.41, 5.74) is 1.79. The summed E-state index contributed by atoms with van der Waals surface area (Å²) in [6.07, 6.45) is 9.12. The molecule has 1 aliphatic rings. The zero-order valence-electron chi connectivity index (χ0n) is 15.2. The van der Waals surface area contributed by atoms with Crippen LogP contribution >= 0.6 is 11.6 Å². The van der Waals surface area contributed by atoms with Crippen LogP contribution in [-0.2, 0) is 6.42 Å². The van der Waals surface area contributed by atoms with Crippen LogP contribution in [0.2, 0.25) is 5.02 Å². The van der Waals surface area contributed by atoms with Gasteiger partial charge in [-0.25, -0.2) is 9.48 Å². The summed E-state index contributed by atoms with van der Waals surface area (Å²) in [5, 5.41) is 7.99. The second kappa shape index (κ2) is 9.08. The lowest BCUT2D eigenvalue weighted by Crippen LogP contribution is -2.32. The van der Waals surface area contributed by atoms with Gasteiger partial charge in [-0.3, -0.25) is 0 Å². The molecular weight excluding hydrogens is 350 g/mol. The van der Waals surface area contributed by atoms with Crippen molar-refractivity contribution in [2.75, 3.05) is 6.54 Å². The lowest BCUT2D eigenvalue weighted by atomic mass is 9.89. The fourth-order valence-electron chi connectivity index (χ4n) is 3.47. The van der Waals surface area contributed by atoms with Crippen molar-refractivity contribution < 1.29 is 9.53 Å². The van der Waals surface area contributed by atoms with Gasteiger partial charge in [0.05, 0.1) is 17.6 Å². The van der Waals surface area contributed by atoms with Gasteiger partial charge in [0, 0.05) is 11.6 Å². The SMILES string of the molecule is CCCc1c(OC(=O)NCC2CCCCC2)cnn1-c1ccc(Cl)cc1. The van der Waals surface area contributed by atoms with E-state index >= 15 is 0 Å². The minimum Gasteiger partial charge on any atom is -0.407 e. The maximum atomic E-state index is 12.2. The molecule has 2 aromatic rings. The van der Waals surface area contributed by atoms with Gasteiger partial charge >= 0.3 is 6.09 Å². The molecule has 1 heterocycles. The van der Waals surface area contributed by atoms with Gasteiger partial charge in [0.15, 0.2) is 5.75 Å². The Morgan fingerprint density at radius 1 is 1.27 bits per heavy atom. The van der Waals surface area contributed by atoms with E-state index in [2.05, 4.69) is 17.3 Å². The first-order chi connectivity index (χ1) is 12.7. The molecule has 0 radical (unpaired) electrons. The highest BCUT2D eigenvalue weighted by Crippen LogP contribution is 2.25. The van der Waals surface area contributed by atoms with Gasteiger partial charge in [0.25, 0.3) is 0 Å². The average Bonchev–Trinajstić information content (AvgIpc) is 3.04. The van der Waals surface area contributed by atoms with E-state index in [9.17, 15) is 4.79 Å². The summed E-state index contributed by atoms with van der Waals surface area (Å²) in [6, 6.07) is 7.46. The zero-order valence-corrected chi connectivity index (χ0v) is 16.0. The number of ether oxygens (including phenoxy) is 1. The Morgan fingerprint density at radius 3 is 2.69 bits per heavy atom. The Labute approximate surface area is 159 Å². The van der Waals surface area contributed by atoms with Crippen LogP contribution < -0.4 is 10.1 Å². The maximum Gasteiger partial charge on any atom is 0.412 e. The second-order valence-corrected chi connectivity index (χ2v) is 7.30. The first-order valence-corrected chi connectivity index (χ1v) is 9.83. The van der Waals surface area contributed by atoms with Gasteiger partial charge in [-0.15, -0.1) is 0 Å². The van der Waals surface area contributed by atoms with Gasteiger partial charge in [0.1, 0.15) is 0 Å². The minimum atomic E-state index is -0.399. The van der Waals surface area contributed by atoms with Gasteiger partial charge in [-0.2, -0.15) is 5.10 Å². The fraction of sp³-hybridized carbons (Fsp3) is 0.500. The largest absolute Gasteiger partial charge is 0.412 e. The summed E-state index contributed by atoms with van der Waals surface area (Å²) >= 11 is 5.97. The van der Waals surface area contributed by atoms with Crippen LogP contribution in [0.15, 0.2) is 30.5 Å². The van der Waals surface area contributed by atoms with Gasteiger partial charge < -0.3 is 10.1 Å². The highest BCUT2D eigenvalue weighted by molar-refractivity contribution is 6.30. The molecule has 1 saturated carbocycles. The second-order valence-electron chi connectivity index (χ2n) is 6.87. The number of amides is 1. The van der Waals surface area contributed by atoms with E-state index in [0.29, 0.717) is 23.2 Å². The summed E-state index contributed by atoms with van der Waals surface area (Å²) < 4.78 is 7.36. The first-order valence-electron chi connectivity index (χ1n) is 9.46. The molecule has 140 valence electrons. The lowest BCUT2D eigenvalue weighted by molar-refractivity contribution is 0.196. The molecular formula is C20H26ClN3O2. The van der Waals surface area contributed by atoms with Crippen molar-refractivity contribution >= 4 is 17.7 Å². The van der Waals surface area contributed by atoms with E-state index in [1.165, 1.54) is 32.1 Å². The predicted molar refractivity (Wildman–Crippen MR) is 103 cm³/mol. The molecule has 1 aromatic heterocycles. The molecule has 0 aliphatic heterocycles. The topological polar surface area (TPSA) is 56.1 Å². The van der Waals surface area contributed by atoms with Crippen molar-refractivity contribution in [2.24, 2.45) is 5.92 Å². The van der Waals surface area contributed by atoms with Crippen LogP contribution in [0.25, 0.3) is 5.69 Å². The van der Waals surface area contributed by atoms with E-state index in [0.717, 1.165) is 24.2 Å². The summed E-state index contributed by atoms with van der Waals surface area (Å²) in [4.78, 5) is 12.2.